The molecule has 0 spiro atoms. The Hall–Kier alpha value is -2.60. The van der Waals surface area contributed by atoms with Crippen LogP contribution in [0.4, 0.5) is 0 Å². The van der Waals surface area contributed by atoms with Crippen LogP contribution in [0.3, 0.4) is 0 Å². The van der Waals surface area contributed by atoms with Gasteiger partial charge in [-0.15, -0.1) is 0 Å². The van der Waals surface area contributed by atoms with Crippen LogP contribution in [0.15, 0.2) is 42.7 Å². The Labute approximate surface area is 154 Å². The van der Waals surface area contributed by atoms with E-state index in [1.54, 1.807) is 7.11 Å². The van der Waals surface area contributed by atoms with Gasteiger partial charge in [0, 0.05) is 37.7 Å². The fourth-order valence-electron chi connectivity index (χ4n) is 3.86. The van der Waals surface area contributed by atoms with E-state index in [0.29, 0.717) is 6.04 Å². The summed E-state index contributed by atoms with van der Waals surface area (Å²) in [6.45, 7) is 7.15. The Bertz CT molecular complexity index is 884. The van der Waals surface area contributed by atoms with Crippen molar-refractivity contribution in [1.29, 1.82) is 0 Å². The predicted octanol–water partition coefficient (Wildman–Crippen LogP) is 3.14. The highest BCUT2D eigenvalue weighted by Gasteiger charge is 2.26. The molecule has 6 nitrogen and oxygen atoms in total. The number of benzene rings is 1. The number of hydrogen-bond donors (Lipinski definition) is 0. The van der Waals surface area contributed by atoms with Crippen LogP contribution < -0.4 is 4.74 Å². The first kappa shape index (κ1) is 16.8. The first-order chi connectivity index (χ1) is 12.6. The van der Waals surface area contributed by atoms with Gasteiger partial charge in [-0.2, -0.15) is 10.2 Å². The smallest absolute Gasteiger partial charge is 0.119 e. The van der Waals surface area contributed by atoms with Gasteiger partial charge in [0.25, 0.3) is 0 Å². The SMILES string of the molecule is COc1ccc(-n2cccn2)c(CN2CC[C@H](n3nc(C)cc3C)C2)c1. The average molecular weight is 351 g/mol. The number of methoxy groups -OCH3 is 1. The number of nitrogens with zero attached hydrogens (tertiary/aromatic N) is 5. The average Bonchev–Trinajstić information content (AvgIpc) is 3.36. The van der Waals surface area contributed by atoms with Gasteiger partial charge in [-0.3, -0.25) is 9.58 Å². The van der Waals surface area contributed by atoms with Crippen molar-refractivity contribution < 1.29 is 4.74 Å². The van der Waals surface area contributed by atoms with Gasteiger partial charge in [0.15, 0.2) is 0 Å². The second-order valence-electron chi connectivity index (χ2n) is 6.99. The molecule has 1 atom stereocenters. The summed E-state index contributed by atoms with van der Waals surface area (Å²) in [5.41, 5.74) is 4.66. The van der Waals surface area contributed by atoms with Crippen molar-refractivity contribution in [1.82, 2.24) is 24.5 Å². The zero-order valence-electron chi connectivity index (χ0n) is 15.6. The molecule has 0 saturated carbocycles. The molecule has 1 aliphatic heterocycles. The van der Waals surface area contributed by atoms with Crippen molar-refractivity contribution >= 4 is 0 Å². The summed E-state index contributed by atoms with van der Waals surface area (Å²) >= 11 is 0. The fourth-order valence-corrected chi connectivity index (χ4v) is 3.86. The first-order valence-corrected chi connectivity index (χ1v) is 9.06. The molecule has 4 rings (SSSR count). The molecule has 0 unspecified atom stereocenters. The highest BCUT2D eigenvalue weighted by atomic mass is 16.5. The zero-order valence-corrected chi connectivity index (χ0v) is 15.6. The van der Waals surface area contributed by atoms with Gasteiger partial charge in [-0.1, -0.05) is 0 Å². The second kappa shape index (κ2) is 6.96. The molecular weight excluding hydrogens is 326 g/mol. The van der Waals surface area contributed by atoms with Crippen LogP contribution in [-0.4, -0.2) is 44.7 Å². The Morgan fingerprint density at radius 3 is 2.81 bits per heavy atom. The molecule has 1 aliphatic rings. The molecule has 0 aliphatic carbocycles. The van der Waals surface area contributed by atoms with Crippen LogP contribution in [0.5, 0.6) is 5.75 Å². The fraction of sp³-hybridized carbons (Fsp3) is 0.400. The third-order valence-electron chi connectivity index (χ3n) is 5.07. The zero-order chi connectivity index (χ0) is 18.1. The minimum atomic E-state index is 0.447. The maximum atomic E-state index is 5.44. The Balaban J connectivity index is 1.55. The van der Waals surface area contributed by atoms with Gasteiger partial charge in [-0.25, -0.2) is 4.68 Å². The molecular formula is C20H25N5O. The highest BCUT2D eigenvalue weighted by molar-refractivity contribution is 5.45. The molecule has 1 saturated heterocycles. The molecule has 0 N–H and O–H groups in total. The molecule has 26 heavy (non-hydrogen) atoms. The minimum Gasteiger partial charge on any atom is -0.497 e. The summed E-state index contributed by atoms with van der Waals surface area (Å²) < 4.78 is 9.55. The number of aryl methyl sites for hydroxylation is 2. The summed E-state index contributed by atoms with van der Waals surface area (Å²) in [4.78, 5) is 2.49. The van der Waals surface area contributed by atoms with Crippen LogP contribution in [0.25, 0.3) is 5.69 Å². The maximum Gasteiger partial charge on any atom is 0.119 e. The van der Waals surface area contributed by atoms with Crippen molar-refractivity contribution in [3.8, 4) is 11.4 Å². The molecule has 1 aromatic carbocycles. The quantitative estimate of drug-likeness (QED) is 0.708. The van der Waals surface area contributed by atoms with Crippen LogP contribution in [0, 0.1) is 13.8 Å². The van der Waals surface area contributed by atoms with E-state index in [-0.39, 0.29) is 0 Å². The molecule has 2 aromatic heterocycles. The first-order valence-electron chi connectivity index (χ1n) is 9.06. The maximum absolute atomic E-state index is 5.44. The highest BCUT2D eigenvalue weighted by Crippen LogP contribution is 2.27. The third kappa shape index (κ3) is 3.24. The van der Waals surface area contributed by atoms with Crippen LogP contribution >= 0.6 is 0 Å². The van der Waals surface area contributed by atoms with E-state index in [1.165, 1.54) is 11.3 Å². The normalized spacial score (nSPS) is 17.7. The van der Waals surface area contributed by atoms with E-state index in [1.807, 2.05) is 29.2 Å². The van der Waals surface area contributed by atoms with E-state index in [2.05, 4.69) is 51.8 Å². The number of ether oxygens (including phenoxy) is 1. The van der Waals surface area contributed by atoms with Gasteiger partial charge >= 0.3 is 0 Å². The van der Waals surface area contributed by atoms with Crippen molar-refractivity contribution in [2.24, 2.45) is 0 Å². The topological polar surface area (TPSA) is 48.1 Å². The molecule has 136 valence electrons. The van der Waals surface area contributed by atoms with E-state index in [0.717, 1.165) is 43.2 Å². The number of rotatable bonds is 5. The lowest BCUT2D eigenvalue weighted by Crippen LogP contribution is -2.23. The standard InChI is InChI=1S/C20H25N5O/c1-15-11-16(2)25(22-15)18-7-10-23(14-18)13-17-12-19(26-3)5-6-20(17)24-9-4-8-21-24/h4-6,8-9,11-12,18H,7,10,13-14H2,1-3H3/t18-/m0/s1. The number of likely N-dealkylation sites (tertiary alicyclic amines) is 1. The van der Waals surface area contributed by atoms with E-state index in [9.17, 15) is 0 Å². The van der Waals surface area contributed by atoms with Crippen molar-refractivity contribution in [2.45, 2.75) is 32.9 Å². The second-order valence-corrected chi connectivity index (χ2v) is 6.99. The number of hydrogen-bond acceptors (Lipinski definition) is 4. The van der Waals surface area contributed by atoms with E-state index in [4.69, 9.17) is 4.74 Å². The van der Waals surface area contributed by atoms with Crippen LogP contribution in [-0.2, 0) is 6.54 Å². The third-order valence-corrected chi connectivity index (χ3v) is 5.07. The lowest BCUT2D eigenvalue weighted by atomic mass is 10.1. The van der Waals surface area contributed by atoms with Gasteiger partial charge in [-0.05, 0) is 56.2 Å². The van der Waals surface area contributed by atoms with Crippen molar-refractivity contribution in [3.05, 3.63) is 59.7 Å². The van der Waals surface area contributed by atoms with Gasteiger partial charge in [0.05, 0.1) is 24.5 Å². The Morgan fingerprint density at radius 1 is 1.23 bits per heavy atom. The summed E-state index contributed by atoms with van der Waals surface area (Å²) in [7, 11) is 1.71. The summed E-state index contributed by atoms with van der Waals surface area (Å²) in [5, 5.41) is 9.07. The minimum absolute atomic E-state index is 0.447. The van der Waals surface area contributed by atoms with E-state index < -0.39 is 0 Å². The van der Waals surface area contributed by atoms with Crippen LogP contribution in [0.2, 0.25) is 0 Å². The summed E-state index contributed by atoms with van der Waals surface area (Å²) in [5.74, 6) is 0.880. The molecule has 0 amide bonds. The largest absolute Gasteiger partial charge is 0.497 e. The lowest BCUT2D eigenvalue weighted by molar-refractivity contribution is 0.309. The van der Waals surface area contributed by atoms with Gasteiger partial charge in [0.1, 0.15) is 5.75 Å². The van der Waals surface area contributed by atoms with Crippen molar-refractivity contribution in [2.75, 3.05) is 20.2 Å². The van der Waals surface area contributed by atoms with Crippen LogP contribution in [0.1, 0.15) is 29.4 Å². The summed E-state index contributed by atoms with van der Waals surface area (Å²) in [6, 6.07) is 10.7. The Kier molecular flexibility index (Phi) is 4.51. The van der Waals surface area contributed by atoms with E-state index >= 15 is 0 Å². The molecule has 3 aromatic rings. The molecule has 6 heteroatoms. The summed E-state index contributed by atoms with van der Waals surface area (Å²) in [6.07, 6.45) is 4.92. The molecule has 0 bridgehead atoms. The molecule has 3 heterocycles. The predicted molar refractivity (Wildman–Crippen MR) is 101 cm³/mol. The molecule has 1 fully saturated rings. The monoisotopic (exact) mass is 351 g/mol. The molecule has 0 radical (unpaired) electrons. The van der Waals surface area contributed by atoms with Crippen molar-refractivity contribution in [3.63, 3.8) is 0 Å². The Morgan fingerprint density at radius 2 is 2.12 bits per heavy atom. The van der Waals surface area contributed by atoms with Gasteiger partial charge < -0.3 is 4.74 Å². The number of aromatic nitrogens is 4. The lowest BCUT2D eigenvalue weighted by Gasteiger charge is -2.19. The van der Waals surface area contributed by atoms with Gasteiger partial charge in [0.2, 0.25) is 0 Å².